The number of phenolic OH excluding ortho intramolecular Hbond substituents is 1. The first-order chi connectivity index (χ1) is 16.3. The third kappa shape index (κ3) is 4.62. The van der Waals surface area contributed by atoms with E-state index in [9.17, 15) is 14.7 Å². The molecule has 5 nitrogen and oxygen atoms in total. The van der Waals surface area contributed by atoms with Gasteiger partial charge in [-0.25, -0.2) is 0 Å². The highest BCUT2D eigenvalue weighted by atomic mass is 16.3. The number of amides is 1. The van der Waals surface area contributed by atoms with Crippen molar-refractivity contribution in [2.24, 2.45) is 11.7 Å². The van der Waals surface area contributed by atoms with E-state index < -0.39 is 5.41 Å². The van der Waals surface area contributed by atoms with Crippen LogP contribution in [0.25, 0.3) is 0 Å². The number of hydrogen-bond donors (Lipinski definition) is 2. The summed E-state index contributed by atoms with van der Waals surface area (Å²) in [6.07, 6.45) is 2.11. The molecule has 1 aliphatic heterocycles. The smallest absolute Gasteiger partial charge is 0.233 e. The van der Waals surface area contributed by atoms with Crippen molar-refractivity contribution in [1.82, 2.24) is 0 Å². The zero-order valence-electron chi connectivity index (χ0n) is 19.7. The first-order valence-electron chi connectivity index (χ1n) is 11.9. The number of ketones is 1. The van der Waals surface area contributed by atoms with Crippen molar-refractivity contribution in [3.05, 3.63) is 102 Å². The number of Topliss-reactive ketones (excluding diaryl/α,β-unsaturated/α-hetero) is 1. The number of benzene rings is 3. The number of nitrogens with zero attached hydrogens (tertiary/aromatic N) is 1. The normalized spacial score (nSPS) is 20.2. The Morgan fingerprint density at radius 1 is 0.941 bits per heavy atom. The van der Waals surface area contributed by atoms with E-state index in [0.717, 1.165) is 48.1 Å². The Balaban J connectivity index is 1.53. The van der Waals surface area contributed by atoms with Gasteiger partial charge in [0.15, 0.2) is 5.78 Å². The SMILES string of the molecule is C[N@+]1(CCCC(=O)c2ccc(O)cc2)CCC(C(C(N)=O)(c2ccccc2)c2ccccc2)C1. The third-order valence-corrected chi connectivity index (χ3v) is 7.43. The van der Waals surface area contributed by atoms with Crippen molar-refractivity contribution in [2.45, 2.75) is 24.7 Å². The molecule has 4 rings (SSSR count). The molecule has 3 aromatic carbocycles. The van der Waals surface area contributed by atoms with E-state index in [1.54, 1.807) is 24.3 Å². The van der Waals surface area contributed by atoms with Crippen molar-refractivity contribution in [2.75, 3.05) is 26.7 Å². The van der Waals surface area contributed by atoms with Gasteiger partial charge in [-0.2, -0.15) is 0 Å². The van der Waals surface area contributed by atoms with Gasteiger partial charge in [-0.05, 0) is 35.4 Å². The molecule has 3 aromatic rings. The molecule has 0 aromatic heterocycles. The van der Waals surface area contributed by atoms with Gasteiger partial charge in [0.2, 0.25) is 5.91 Å². The quantitative estimate of drug-likeness (QED) is 0.372. The van der Waals surface area contributed by atoms with Gasteiger partial charge in [-0.15, -0.1) is 0 Å². The van der Waals surface area contributed by atoms with E-state index >= 15 is 0 Å². The van der Waals surface area contributed by atoms with Crippen molar-refractivity contribution < 1.29 is 19.2 Å². The van der Waals surface area contributed by atoms with Crippen LogP contribution < -0.4 is 5.73 Å². The fourth-order valence-corrected chi connectivity index (χ4v) is 5.68. The van der Waals surface area contributed by atoms with Gasteiger partial charge in [-0.3, -0.25) is 9.59 Å². The molecule has 1 heterocycles. The van der Waals surface area contributed by atoms with E-state index in [-0.39, 0.29) is 23.4 Å². The van der Waals surface area contributed by atoms with Crippen LogP contribution in [0.2, 0.25) is 0 Å². The largest absolute Gasteiger partial charge is 0.508 e. The van der Waals surface area contributed by atoms with Gasteiger partial charge in [0.1, 0.15) is 11.2 Å². The summed E-state index contributed by atoms with van der Waals surface area (Å²) < 4.78 is 0.808. The predicted octanol–water partition coefficient (Wildman–Crippen LogP) is 4.29. The Kier molecular flexibility index (Phi) is 6.85. The van der Waals surface area contributed by atoms with E-state index in [4.69, 9.17) is 5.73 Å². The summed E-state index contributed by atoms with van der Waals surface area (Å²) in [4.78, 5) is 25.8. The van der Waals surface area contributed by atoms with Crippen LogP contribution in [0, 0.1) is 5.92 Å². The second-order valence-electron chi connectivity index (χ2n) is 9.71. The summed E-state index contributed by atoms with van der Waals surface area (Å²) in [6.45, 7) is 2.62. The first-order valence-corrected chi connectivity index (χ1v) is 11.9. The monoisotopic (exact) mass is 457 g/mol. The van der Waals surface area contributed by atoms with E-state index in [0.29, 0.717) is 12.0 Å². The number of hydrogen-bond acceptors (Lipinski definition) is 3. The first kappa shape index (κ1) is 23.7. The molecule has 1 saturated heterocycles. The van der Waals surface area contributed by atoms with Crippen LogP contribution in [-0.2, 0) is 10.2 Å². The number of rotatable bonds is 9. The van der Waals surface area contributed by atoms with E-state index in [2.05, 4.69) is 7.05 Å². The lowest BCUT2D eigenvalue weighted by atomic mass is 9.64. The average Bonchev–Trinajstić information content (AvgIpc) is 3.23. The Morgan fingerprint density at radius 3 is 2.03 bits per heavy atom. The summed E-state index contributed by atoms with van der Waals surface area (Å²) in [5.74, 6) is -0.00616. The third-order valence-electron chi connectivity index (χ3n) is 7.43. The van der Waals surface area contributed by atoms with Crippen molar-refractivity contribution in [3.8, 4) is 5.75 Å². The Bertz CT molecular complexity index is 1090. The summed E-state index contributed by atoms with van der Waals surface area (Å²) in [7, 11) is 2.22. The summed E-state index contributed by atoms with van der Waals surface area (Å²) >= 11 is 0. The Labute approximate surface area is 201 Å². The highest BCUT2D eigenvalue weighted by Gasteiger charge is 2.53. The molecule has 1 aliphatic rings. The van der Waals surface area contributed by atoms with Gasteiger partial charge in [-0.1, -0.05) is 60.7 Å². The minimum absolute atomic E-state index is 0.0626. The van der Waals surface area contributed by atoms with Crippen molar-refractivity contribution in [3.63, 3.8) is 0 Å². The average molecular weight is 458 g/mol. The molecule has 5 heteroatoms. The molecule has 0 spiro atoms. The molecule has 34 heavy (non-hydrogen) atoms. The second kappa shape index (κ2) is 9.82. The van der Waals surface area contributed by atoms with Crippen LogP contribution in [0.1, 0.15) is 40.7 Å². The zero-order chi connectivity index (χ0) is 24.2. The van der Waals surface area contributed by atoms with Gasteiger partial charge >= 0.3 is 0 Å². The lowest BCUT2D eigenvalue weighted by molar-refractivity contribution is -0.899. The highest BCUT2D eigenvalue weighted by molar-refractivity contribution is 5.96. The summed E-state index contributed by atoms with van der Waals surface area (Å²) in [5, 5.41) is 9.44. The number of quaternary nitrogens is 1. The molecular weight excluding hydrogens is 424 g/mol. The minimum atomic E-state index is -0.889. The fraction of sp³-hybridized carbons (Fsp3) is 0.310. The molecule has 2 atom stereocenters. The van der Waals surface area contributed by atoms with Gasteiger partial charge < -0.3 is 15.3 Å². The van der Waals surface area contributed by atoms with Gasteiger partial charge in [0.25, 0.3) is 0 Å². The maximum Gasteiger partial charge on any atom is 0.233 e. The molecule has 0 saturated carbocycles. The zero-order valence-corrected chi connectivity index (χ0v) is 19.7. The van der Waals surface area contributed by atoms with Gasteiger partial charge in [0, 0.05) is 30.7 Å². The standard InChI is InChI=1S/C29H32N2O3/c1-31(19-8-13-27(33)22-14-16-26(32)17-15-22)20-18-25(21-31)29(28(30)34,23-9-4-2-5-10-23)24-11-6-3-7-12-24/h2-7,9-12,14-17,25H,8,13,18-21H2,1H3,(H2-,30,32,33,34)/p+1/t25?,31-/m0/s1. The van der Waals surface area contributed by atoms with E-state index in [1.165, 1.54) is 0 Å². The molecule has 176 valence electrons. The topological polar surface area (TPSA) is 80.4 Å². The number of carbonyl (C=O) groups is 2. The fourth-order valence-electron chi connectivity index (χ4n) is 5.68. The minimum Gasteiger partial charge on any atom is -0.508 e. The predicted molar refractivity (Wildman–Crippen MR) is 133 cm³/mol. The molecule has 3 N–H and O–H groups in total. The van der Waals surface area contributed by atoms with Crippen LogP contribution in [0.15, 0.2) is 84.9 Å². The molecule has 0 bridgehead atoms. The number of aromatic hydroxyl groups is 1. The van der Waals surface area contributed by atoms with Crippen molar-refractivity contribution in [1.29, 1.82) is 0 Å². The number of primary amides is 1. The van der Waals surface area contributed by atoms with Gasteiger partial charge in [0.05, 0.1) is 26.7 Å². The highest BCUT2D eigenvalue weighted by Crippen LogP contribution is 2.45. The Morgan fingerprint density at radius 2 is 1.50 bits per heavy atom. The molecule has 0 radical (unpaired) electrons. The van der Waals surface area contributed by atoms with Crippen LogP contribution in [0.3, 0.4) is 0 Å². The van der Waals surface area contributed by atoms with Crippen LogP contribution in [0.5, 0.6) is 5.75 Å². The van der Waals surface area contributed by atoms with E-state index in [1.807, 2.05) is 60.7 Å². The summed E-state index contributed by atoms with van der Waals surface area (Å²) in [5.41, 5.74) is 7.83. The summed E-state index contributed by atoms with van der Waals surface area (Å²) in [6, 6.07) is 26.2. The molecular formula is C29H33N2O3+. The number of nitrogens with two attached hydrogens (primary N) is 1. The molecule has 1 fully saturated rings. The maximum atomic E-state index is 13.3. The number of likely N-dealkylation sites (tertiary alicyclic amines) is 1. The lowest BCUT2D eigenvalue weighted by Gasteiger charge is -2.38. The lowest BCUT2D eigenvalue weighted by Crippen LogP contribution is -2.51. The molecule has 1 unspecified atom stereocenters. The number of carbonyl (C=O) groups excluding carboxylic acids is 2. The van der Waals surface area contributed by atoms with Crippen LogP contribution in [-0.4, -0.2) is 48.0 Å². The molecule has 0 aliphatic carbocycles. The van der Waals surface area contributed by atoms with Crippen LogP contribution >= 0.6 is 0 Å². The number of phenols is 1. The van der Waals surface area contributed by atoms with Crippen LogP contribution in [0.4, 0.5) is 0 Å². The van der Waals surface area contributed by atoms with Crippen molar-refractivity contribution >= 4 is 11.7 Å². The maximum absolute atomic E-state index is 13.3. The molecule has 1 amide bonds. The second-order valence-corrected chi connectivity index (χ2v) is 9.71. The Hall–Kier alpha value is -3.44.